The van der Waals surface area contributed by atoms with Gasteiger partial charge in [-0.3, -0.25) is 9.78 Å². The van der Waals surface area contributed by atoms with Crippen LogP contribution in [0.1, 0.15) is 12.8 Å². The number of carbonyl (C=O) groups excluding carboxylic acids is 1. The largest absolute Gasteiger partial charge is 0.481 e. The van der Waals surface area contributed by atoms with Crippen molar-refractivity contribution in [3.05, 3.63) is 36.5 Å². The Labute approximate surface area is 127 Å². The first kappa shape index (κ1) is 14.3. The first-order chi connectivity index (χ1) is 10.6. The Morgan fingerprint density at radius 3 is 2.91 bits per heavy atom. The molecule has 1 atom stereocenters. The molecule has 0 radical (unpaired) electrons. The lowest BCUT2D eigenvalue weighted by Crippen LogP contribution is -2.44. The number of urea groups is 1. The molecule has 1 aromatic heterocycles. The molecule has 0 spiro atoms. The van der Waals surface area contributed by atoms with E-state index in [1.54, 1.807) is 17.2 Å². The van der Waals surface area contributed by atoms with E-state index in [1.807, 2.05) is 24.3 Å². The van der Waals surface area contributed by atoms with Gasteiger partial charge in [0.1, 0.15) is 0 Å². The zero-order valence-corrected chi connectivity index (χ0v) is 12.0. The van der Waals surface area contributed by atoms with Gasteiger partial charge in [0, 0.05) is 24.7 Å². The third kappa shape index (κ3) is 2.86. The van der Waals surface area contributed by atoms with E-state index in [0.717, 1.165) is 10.9 Å². The normalized spacial score (nSPS) is 18.2. The van der Waals surface area contributed by atoms with Gasteiger partial charge >= 0.3 is 12.0 Å². The molecule has 0 aliphatic carbocycles. The first-order valence-corrected chi connectivity index (χ1v) is 7.27. The van der Waals surface area contributed by atoms with Crippen LogP contribution in [0.15, 0.2) is 36.5 Å². The van der Waals surface area contributed by atoms with Gasteiger partial charge in [-0.15, -0.1) is 0 Å². The maximum Gasteiger partial charge on any atom is 0.321 e. The molecule has 1 aliphatic heterocycles. The Morgan fingerprint density at radius 2 is 2.09 bits per heavy atom. The number of aromatic nitrogens is 1. The van der Waals surface area contributed by atoms with Crippen LogP contribution < -0.4 is 5.32 Å². The minimum absolute atomic E-state index is 0.249. The molecule has 1 fully saturated rings. The summed E-state index contributed by atoms with van der Waals surface area (Å²) in [5, 5.41) is 12.9. The summed E-state index contributed by atoms with van der Waals surface area (Å²) in [6.45, 7) is 0.827. The third-order valence-electron chi connectivity index (χ3n) is 3.93. The number of likely N-dealkylation sites (tertiary alicyclic amines) is 1. The lowest BCUT2D eigenvalue weighted by atomic mass is 9.99. The van der Waals surface area contributed by atoms with Gasteiger partial charge in [0.2, 0.25) is 0 Å². The molecule has 6 heteroatoms. The number of anilines is 1. The summed E-state index contributed by atoms with van der Waals surface area (Å²) in [5.74, 6) is -1.32. The number of nitrogens with one attached hydrogen (secondary N) is 1. The molecule has 1 unspecified atom stereocenters. The average Bonchev–Trinajstić information content (AvgIpc) is 2.55. The van der Waals surface area contributed by atoms with Crippen LogP contribution in [0.3, 0.4) is 0 Å². The number of fused-ring (bicyclic) bond motifs is 1. The lowest BCUT2D eigenvalue weighted by molar-refractivity contribution is -0.143. The summed E-state index contributed by atoms with van der Waals surface area (Å²) < 4.78 is 0. The van der Waals surface area contributed by atoms with E-state index in [9.17, 15) is 9.59 Å². The fraction of sp³-hybridized carbons (Fsp3) is 0.312. The second-order valence-corrected chi connectivity index (χ2v) is 5.43. The van der Waals surface area contributed by atoms with Crippen LogP contribution in [0, 0.1) is 5.92 Å². The van der Waals surface area contributed by atoms with Crippen molar-refractivity contribution in [1.29, 1.82) is 0 Å². The Bertz CT molecular complexity index is 711. The lowest BCUT2D eigenvalue weighted by Gasteiger charge is -2.30. The van der Waals surface area contributed by atoms with E-state index in [1.165, 1.54) is 0 Å². The topological polar surface area (TPSA) is 82.5 Å². The molecular weight excluding hydrogens is 282 g/mol. The van der Waals surface area contributed by atoms with Crippen molar-refractivity contribution in [2.75, 3.05) is 18.4 Å². The quantitative estimate of drug-likeness (QED) is 0.892. The zero-order valence-electron chi connectivity index (χ0n) is 12.0. The number of rotatable bonds is 2. The molecule has 1 aliphatic rings. The number of para-hydroxylation sites is 1. The van der Waals surface area contributed by atoms with E-state index in [-0.39, 0.29) is 12.6 Å². The zero-order chi connectivity index (χ0) is 15.5. The number of nitrogens with zero attached hydrogens (tertiary/aromatic N) is 2. The van der Waals surface area contributed by atoms with Crippen LogP contribution >= 0.6 is 0 Å². The Hall–Kier alpha value is -2.63. The number of aliphatic carboxylic acids is 1. The van der Waals surface area contributed by atoms with Crippen molar-refractivity contribution in [2.45, 2.75) is 12.8 Å². The minimum atomic E-state index is -0.843. The average molecular weight is 299 g/mol. The van der Waals surface area contributed by atoms with Gasteiger partial charge in [-0.2, -0.15) is 0 Å². The van der Waals surface area contributed by atoms with E-state index < -0.39 is 11.9 Å². The van der Waals surface area contributed by atoms with Gasteiger partial charge in [0.15, 0.2) is 0 Å². The molecule has 22 heavy (non-hydrogen) atoms. The predicted molar refractivity (Wildman–Crippen MR) is 82.7 cm³/mol. The molecule has 1 saturated heterocycles. The number of carboxylic acid groups (broad SMARTS) is 1. The van der Waals surface area contributed by atoms with E-state index in [2.05, 4.69) is 10.3 Å². The number of hydrogen-bond acceptors (Lipinski definition) is 3. The highest BCUT2D eigenvalue weighted by Gasteiger charge is 2.28. The molecule has 3 rings (SSSR count). The molecule has 2 N–H and O–H groups in total. The molecule has 2 aromatic rings. The summed E-state index contributed by atoms with van der Waals surface area (Å²) in [5.41, 5.74) is 1.37. The van der Waals surface area contributed by atoms with Gasteiger partial charge in [-0.05, 0) is 25.0 Å². The number of amides is 2. The highest BCUT2D eigenvalue weighted by molar-refractivity contribution is 5.99. The van der Waals surface area contributed by atoms with Crippen LogP contribution in [-0.2, 0) is 4.79 Å². The number of hydrogen-bond donors (Lipinski definition) is 2. The van der Waals surface area contributed by atoms with Gasteiger partial charge in [-0.1, -0.05) is 18.2 Å². The van der Waals surface area contributed by atoms with Crippen LogP contribution in [0.25, 0.3) is 10.9 Å². The summed E-state index contributed by atoms with van der Waals surface area (Å²) in [6, 6.07) is 9.08. The van der Waals surface area contributed by atoms with Crippen LogP contribution in [0.2, 0.25) is 0 Å². The summed E-state index contributed by atoms with van der Waals surface area (Å²) >= 11 is 0. The van der Waals surface area contributed by atoms with Crippen LogP contribution in [0.4, 0.5) is 10.5 Å². The highest BCUT2D eigenvalue weighted by atomic mass is 16.4. The van der Waals surface area contributed by atoms with Crippen LogP contribution in [-0.4, -0.2) is 40.1 Å². The maximum atomic E-state index is 12.4. The monoisotopic (exact) mass is 299 g/mol. The number of carbonyl (C=O) groups is 2. The van der Waals surface area contributed by atoms with Crippen molar-refractivity contribution in [3.8, 4) is 0 Å². The van der Waals surface area contributed by atoms with Gasteiger partial charge in [0.05, 0.1) is 17.1 Å². The molecular formula is C16H17N3O3. The summed E-state index contributed by atoms with van der Waals surface area (Å²) in [4.78, 5) is 29.3. The third-order valence-corrected chi connectivity index (χ3v) is 3.93. The van der Waals surface area contributed by atoms with E-state index in [4.69, 9.17) is 5.11 Å². The summed E-state index contributed by atoms with van der Waals surface area (Å²) in [7, 11) is 0. The minimum Gasteiger partial charge on any atom is -0.481 e. The smallest absolute Gasteiger partial charge is 0.321 e. The first-order valence-electron chi connectivity index (χ1n) is 7.27. The fourth-order valence-electron chi connectivity index (χ4n) is 2.76. The molecule has 2 amide bonds. The van der Waals surface area contributed by atoms with Crippen molar-refractivity contribution in [3.63, 3.8) is 0 Å². The molecule has 1 aromatic carbocycles. The van der Waals surface area contributed by atoms with E-state index >= 15 is 0 Å². The molecule has 6 nitrogen and oxygen atoms in total. The summed E-state index contributed by atoms with van der Waals surface area (Å²) in [6.07, 6.45) is 3.01. The second-order valence-electron chi connectivity index (χ2n) is 5.43. The Morgan fingerprint density at radius 1 is 1.27 bits per heavy atom. The standard InChI is InChI=1S/C16H17N3O3/c20-15(21)12-6-3-9-19(10-12)16(22)18-13-7-1-4-11-5-2-8-17-14(11)13/h1-2,4-5,7-8,12H,3,6,9-10H2,(H,18,22)(H,20,21). The Kier molecular flexibility index (Phi) is 3.91. The van der Waals surface area contributed by atoms with Gasteiger partial charge in [0.25, 0.3) is 0 Å². The highest BCUT2D eigenvalue weighted by Crippen LogP contribution is 2.22. The van der Waals surface area contributed by atoms with Crippen molar-refractivity contribution >= 4 is 28.6 Å². The van der Waals surface area contributed by atoms with Crippen molar-refractivity contribution in [1.82, 2.24) is 9.88 Å². The van der Waals surface area contributed by atoms with Crippen LogP contribution in [0.5, 0.6) is 0 Å². The predicted octanol–water partition coefficient (Wildman–Crippen LogP) is 2.56. The molecule has 0 saturated carbocycles. The number of piperidine rings is 1. The van der Waals surface area contributed by atoms with Gasteiger partial charge in [-0.25, -0.2) is 4.79 Å². The van der Waals surface area contributed by atoms with Crippen molar-refractivity contribution in [2.24, 2.45) is 5.92 Å². The van der Waals surface area contributed by atoms with E-state index in [0.29, 0.717) is 25.1 Å². The molecule has 0 bridgehead atoms. The van der Waals surface area contributed by atoms with Gasteiger partial charge < -0.3 is 15.3 Å². The van der Waals surface area contributed by atoms with Crippen molar-refractivity contribution < 1.29 is 14.7 Å². The molecule has 2 heterocycles. The number of carboxylic acids is 1. The molecule has 114 valence electrons. The second kappa shape index (κ2) is 6.01. The Balaban J connectivity index is 1.77. The fourth-order valence-corrected chi connectivity index (χ4v) is 2.76. The maximum absolute atomic E-state index is 12.4. The number of benzene rings is 1. The number of pyridine rings is 1. The SMILES string of the molecule is O=C(O)C1CCCN(C(=O)Nc2cccc3cccnc23)C1.